The summed E-state index contributed by atoms with van der Waals surface area (Å²) in [6.45, 7) is 4.82. The maximum Gasteiger partial charge on any atom is 0.277 e. The summed E-state index contributed by atoms with van der Waals surface area (Å²) in [7, 11) is 1.83. The molecule has 0 aliphatic carbocycles. The fourth-order valence-electron chi connectivity index (χ4n) is 5.83. The Morgan fingerprint density at radius 3 is 2.29 bits per heavy atom. The van der Waals surface area contributed by atoms with Gasteiger partial charge in [-0.15, -0.1) is 0 Å². The second-order valence-electron chi connectivity index (χ2n) is 12.1. The van der Waals surface area contributed by atoms with Crippen molar-refractivity contribution >= 4 is 29.6 Å². The smallest absolute Gasteiger partial charge is 0.277 e. The molecule has 9 nitrogen and oxygen atoms in total. The van der Waals surface area contributed by atoms with Gasteiger partial charge in [-0.3, -0.25) is 24.1 Å². The van der Waals surface area contributed by atoms with Crippen LogP contribution in [0.4, 0.5) is 4.39 Å². The molecule has 1 unspecified atom stereocenters. The van der Waals surface area contributed by atoms with Gasteiger partial charge in [-0.25, -0.2) is 4.39 Å². The van der Waals surface area contributed by atoms with E-state index in [1.165, 1.54) is 23.9 Å². The number of ether oxygens (including phenoxy) is 1. The van der Waals surface area contributed by atoms with Gasteiger partial charge in [0.25, 0.3) is 5.56 Å². The van der Waals surface area contributed by atoms with E-state index in [4.69, 9.17) is 16.3 Å². The average molecular weight is 701 g/mol. The zero-order chi connectivity index (χ0) is 34.2. The van der Waals surface area contributed by atoms with Gasteiger partial charge in [-0.05, 0) is 52.1 Å². The van der Waals surface area contributed by atoms with E-state index in [9.17, 15) is 14.0 Å². The van der Waals surface area contributed by atoms with E-state index >= 15 is 0 Å². The SMILES string of the molecule is Cn1cc(Cc2cn(C(C=O)N(CCN3CCOCC3)Cc3ccc(-c4ccc(Cl)cc4)cc3)c(SCc3ccc(F)cc3)nc2=O)cn1. The van der Waals surface area contributed by atoms with Crippen LogP contribution in [0.5, 0.6) is 0 Å². The monoisotopic (exact) mass is 700 g/mol. The molecule has 3 heterocycles. The Morgan fingerprint density at radius 1 is 0.959 bits per heavy atom. The number of aryl methyl sites for hydroxylation is 1. The van der Waals surface area contributed by atoms with E-state index in [1.54, 1.807) is 29.2 Å². The molecule has 3 aromatic carbocycles. The first kappa shape index (κ1) is 34.7. The number of carbonyl (C=O) groups is 1. The third-order valence-corrected chi connectivity index (χ3v) is 9.82. The van der Waals surface area contributed by atoms with Crippen LogP contribution in [0.1, 0.15) is 28.4 Å². The van der Waals surface area contributed by atoms with E-state index in [1.807, 2.05) is 42.1 Å². The molecular formula is C37H38ClFN6O3S. The van der Waals surface area contributed by atoms with Crippen molar-refractivity contribution in [2.24, 2.45) is 7.05 Å². The Hall–Kier alpha value is -4.13. The average Bonchev–Trinajstić information content (AvgIpc) is 3.53. The summed E-state index contributed by atoms with van der Waals surface area (Å²) in [4.78, 5) is 35.6. The fraction of sp³-hybridized carbons (Fsp3) is 0.297. The Kier molecular flexibility index (Phi) is 11.7. The molecule has 12 heteroatoms. The van der Waals surface area contributed by atoms with Crippen LogP contribution in [0.25, 0.3) is 11.1 Å². The summed E-state index contributed by atoms with van der Waals surface area (Å²) < 4.78 is 22.7. The second kappa shape index (κ2) is 16.5. The van der Waals surface area contributed by atoms with Gasteiger partial charge in [0.05, 0.1) is 19.4 Å². The molecular weight excluding hydrogens is 663 g/mol. The third-order valence-electron chi connectivity index (χ3n) is 8.53. The standard InChI is InChI=1S/C37H38ClFN6O3S/c1-42-22-29(21-40-42)20-32-24-45(37(41-36(32)47)49-26-28-4-12-34(39)13-5-28)35(25-46)44(15-14-43-16-18-48-19-17-43)23-27-2-6-30(7-3-27)31-8-10-33(38)11-9-31/h2-13,21-22,24-25,35H,14-20,23,26H2,1H3. The predicted octanol–water partition coefficient (Wildman–Crippen LogP) is 5.85. The Bertz CT molecular complexity index is 1890. The molecule has 0 N–H and O–H groups in total. The molecule has 1 fully saturated rings. The molecule has 49 heavy (non-hydrogen) atoms. The minimum atomic E-state index is -0.756. The number of rotatable bonds is 14. The number of carbonyl (C=O) groups excluding carboxylic acids is 1. The molecule has 0 bridgehead atoms. The van der Waals surface area contributed by atoms with Crippen molar-refractivity contribution in [2.45, 2.75) is 30.0 Å². The first-order chi connectivity index (χ1) is 23.8. The van der Waals surface area contributed by atoms with Gasteiger partial charge in [0.1, 0.15) is 12.0 Å². The van der Waals surface area contributed by atoms with Crippen molar-refractivity contribution in [3.8, 4) is 11.1 Å². The van der Waals surface area contributed by atoms with Crippen LogP contribution < -0.4 is 5.56 Å². The first-order valence-electron chi connectivity index (χ1n) is 16.2. The highest BCUT2D eigenvalue weighted by Crippen LogP contribution is 2.27. The van der Waals surface area contributed by atoms with Crippen LogP contribution in [0, 0.1) is 5.82 Å². The molecule has 0 spiro atoms. The Labute approximate surface area is 294 Å². The van der Waals surface area contributed by atoms with E-state index in [-0.39, 0.29) is 11.4 Å². The lowest BCUT2D eigenvalue weighted by atomic mass is 10.0. The van der Waals surface area contributed by atoms with Crippen LogP contribution in [0.3, 0.4) is 0 Å². The second-order valence-corrected chi connectivity index (χ2v) is 13.4. The summed E-state index contributed by atoms with van der Waals surface area (Å²) >= 11 is 7.45. The Balaban J connectivity index is 1.33. The van der Waals surface area contributed by atoms with Crippen molar-refractivity contribution in [1.82, 2.24) is 29.1 Å². The number of halogens is 2. The van der Waals surface area contributed by atoms with Crippen molar-refractivity contribution in [3.63, 3.8) is 0 Å². The lowest BCUT2D eigenvalue weighted by Crippen LogP contribution is -2.44. The number of hydrogen-bond acceptors (Lipinski definition) is 8. The molecule has 1 aliphatic rings. The van der Waals surface area contributed by atoms with Crippen LogP contribution in [0.2, 0.25) is 5.02 Å². The van der Waals surface area contributed by atoms with Crippen molar-refractivity contribution in [2.75, 3.05) is 39.4 Å². The van der Waals surface area contributed by atoms with Gasteiger partial charge in [-0.1, -0.05) is 71.9 Å². The summed E-state index contributed by atoms with van der Waals surface area (Å²) in [6.07, 6.45) is 5.84. The van der Waals surface area contributed by atoms with E-state index in [2.05, 4.69) is 44.1 Å². The third kappa shape index (κ3) is 9.31. The van der Waals surface area contributed by atoms with Gasteiger partial charge in [-0.2, -0.15) is 10.1 Å². The van der Waals surface area contributed by atoms with Crippen LogP contribution in [0.15, 0.2) is 101 Å². The largest absolute Gasteiger partial charge is 0.379 e. The lowest BCUT2D eigenvalue weighted by Gasteiger charge is -2.34. The predicted molar refractivity (Wildman–Crippen MR) is 190 cm³/mol. The topological polar surface area (TPSA) is 85.5 Å². The van der Waals surface area contributed by atoms with E-state index in [0.717, 1.165) is 53.7 Å². The van der Waals surface area contributed by atoms with Crippen LogP contribution in [-0.4, -0.2) is 74.8 Å². The molecule has 1 atom stereocenters. The van der Waals surface area contributed by atoms with Gasteiger partial charge in [0, 0.05) is 74.9 Å². The first-order valence-corrected chi connectivity index (χ1v) is 17.5. The van der Waals surface area contributed by atoms with Crippen molar-refractivity contribution in [1.29, 1.82) is 0 Å². The molecule has 2 aromatic heterocycles. The molecule has 0 amide bonds. The van der Waals surface area contributed by atoms with Crippen LogP contribution >= 0.6 is 23.4 Å². The van der Waals surface area contributed by atoms with Gasteiger partial charge >= 0.3 is 0 Å². The summed E-state index contributed by atoms with van der Waals surface area (Å²) in [5.74, 6) is 0.127. The number of thioether (sulfide) groups is 1. The number of nitrogens with zero attached hydrogens (tertiary/aromatic N) is 6. The molecule has 0 radical (unpaired) electrons. The molecule has 5 aromatic rings. The van der Waals surface area contributed by atoms with Gasteiger partial charge in [0.15, 0.2) is 11.4 Å². The minimum Gasteiger partial charge on any atom is -0.379 e. The molecule has 254 valence electrons. The molecule has 1 saturated heterocycles. The maximum absolute atomic E-state index is 13.6. The molecule has 0 saturated carbocycles. The maximum atomic E-state index is 13.6. The zero-order valence-corrected chi connectivity index (χ0v) is 28.8. The summed E-state index contributed by atoms with van der Waals surface area (Å²) in [5.41, 5.74) is 5.02. The highest BCUT2D eigenvalue weighted by atomic mass is 35.5. The number of aldehydes is 1. The zero-order valence-electron chi connectivity index (χ0n) is 27.3. The molecule has 6 rings (SSSR count). The van der Waals surface area contributed by atoms with Gasteiger partial charge < -0.3 is 9.30 Å². The Morgan fingerprint density at radius 2 is 1.63 bits per heavy atom. The van der Waals surface area contributed by atoms with Gasteiger partial charge in [0.2, 0.25) is 0 Å². The quantitative estimate of drug-likeness (QED) is 0.0811. The highest BCUT2D eigenvalue weighted by Gasteiger charge is 2.25. The normalized spacial score (nSPS) is 14.3. The fourth-order valence-corrected chi connectivity index (χ4v) is 6.90. The minimum absolute atomic E-state index is 0.318. The summed E-state index contributed by atoms with van der Waals surface area (Å²) in [6, 6.07) is 22.3. The van der Waals surface area contributed by atoms with Crippen molar-refractivity contribution in [3.05, 3.63) is 135 Å². The number of aromatic nitrogens is 4. The molecule has 1 aliphatic heterocycles. The van der Waals surface area contributed by atoms with E-state index < -0.39 is 6.17 Å². The summed E-state index contributed by atoms with van der Waals surface area (Å²) in [5, 5.41) is 5.35. The number of benzene rings is 3. The van der Waals surface area contributed by atoms with Crippen molar-refractivity contribution < 1.29 is 13.9 Å². The number of hydrogen-bond donors (Lipinski definition) is 0. The van der Waals surface area contributed by atoms with Crippen LogP contribution in [-0.2, 0) is 35.3 Å². The highest BCUT2D eigenvalue weighted by molar-refractivity contribution is 7.98. The van der Waals surface area contributed by atoms with E-state index in [0.29, 0.717) is 54.2 Å². The number of morpholine rings is 1. The lowest BCUT2D eigenvalue weighted by molar-refractivity contribution is -0.116.